The second kappa shape index (κ2) is 5.27. The highest BCUT2D eigenvalue weighted by molar-refractivity contribution is 5.75. The molecule has 1 aromatic carbocycles. The maximum absolute atomic E-state index is 13.5. The summed E-state index contributed by atoms with van der Waals surface area (Å²) in [5.74, 6) is -1.52. The van der Waals surface area contributed by atoms with Crippen LogP contribution in [0.1, 0.15) is 19.4 Å². The number of carbonyl (C=O) groups is 1. The summed E-state index contributed by atoms with van der Waals surface area (Å²) in [5.41, 5.74) is 4.89. The van der Waals surface area contributed by atoms with Crippen LogP contribution in [0.3, 0.4) is 0 Å². The predicted octanol–water partition coefficient (Wildman–Crippen LogP) is 2.05. The fourth-order valence-corrected chi connectivity index (χ4v) is 1.90. The maximum atomic E-state index is 13.5. The summed E-state index contributed by atoms with van der Waals surface area (Å²) >= 11 is 0. The first-order valence-corrected chi connectivity index (χ1v) is 5.61. The van der Waals surface area contributed by atoms with Crippen LogP contribution in [-0.2, 0) is 11.2 Å². The zero-order chi connectivity index (χ0) is 13.1. The molecule has 0 amide bonds. The van der Waals surface area contributed by atoms with Crippen LogP contribution in [-0.4, -0.2) is 17.6 Å². The first-order valence-electron chi connectivity index (χ1n) is 5.61. The Kier molecular flexibility index (Phi) is 4.23. The van der Waals surface area contributed by atoms with Crippen molar-refractivity contribution in [3.63, 3.8) is 0 Å². The van der Waals surface area contributed by atoms with Gasteiger partial charge in [-0.15, -0.1) is 0 Å². The number of hydrogen-bond acceptors (Lipinski definition) is 2. The maximum Gasteiger partial charge on any atom is 0.311 e. The quantitative estimate of drug-likeness (QED) is 0.826. The largest absolute Gasteiger partial charge is 0.481 e. The molecule has 4 heteroatoms. The molecule has 1 unspecified atom stereocenters. The Morgan fingerprint density at radius 1 is 1.47 bits per heavy atom. The van der Waals surface area contributed by atoms with Crippen LogP contribution in [0.25, 0.3) is 0 Å². The van der Waals surface area contributed by atoms with E-state index in [1.807, 2.05) is 0 Å². The summed E-state index contributed by atoms with van der Waals surface area (Å²) in [4.78, 5) is 11.4. The van der Waals surface area contributed by atoms with Crippen molar-refractivity contribution in [1.82, 2.24) is 0 Å². The van der Waals surface area contributed by atoms with E-state index < -0.39 is 11.4 Å². The summed E-state index contributed by atoms with van der Waals surface area (Å²) in [6, 6.07) is 6.21. The van der Waals surface area contributed by atoms with E-state index in [-0.39, 0.29) is 24.7 Å². The van der Waals surface area contributed by atoms with E-state index >= 15 is 0 Å². The topological polar surface area (TPSA) is 63.3 Å². The lowest BCUT2D eigenvalue weighted by molar-refractivity contribution is -0.151. The van der Waals surface area contributed by atoms with Crippen LogP contribution >= 0.6 is 0 Å². The molecule has 0 aromatic heterocycles. The molecule has 3 nitrogen and oxygen atoms in total. The number of carboxylic acid groups (broad SMARTS) is 1. The monoisotopic (exact) mass is 239 g/mol. The predicted molar refractivity (Wildman–Crippen MR) is 64.1 cm³/mol. The van der Waals surface area contributed by atoms with Crippen molar-refractivity contribution in [3.05, 3.63) is 35.6 Å². The molecular weight excluding hydrogens is 221 g/mol. The van der Waals surface area contributed by atoms with Gasteiger partial charge in [0.05, 0.1) is 5.41 Å². The standard InChI is InChI=1S/C13H18FNO2/c1-9(2)13(8-15,12(16)17)7-10-5-3-4-6-11(10)14/h3-6,9H,7-8,15H2,1-2H3,(H,16,17). The molecule has 1 atom stereocenters. The van der Waals surface area contributed by atoms with E-state index in [9.17, 15) is 14.3 Å². The van der Waals surface area contributed by atoms with Crippen LogP contribution in [0.2, 0.25) is 0 Å². The second-order valence-electron chi connectivity index (χ2n) is 4.59. The summed E-state index contributed by atoms with van der Waals surface area (Å²) in [6.45, 7) is 3.58. The molecule has 1 rings (SSSR count). The molecule has 17 heavy (non-hydrogen) atoms. The van der Waals surface area contributed by atoms with Gasteiger partial charge in [0.25, 0.3) is 0 Å². The molecule has 0 aliphatic heterocycles. The van der Waals surface area contributed by atoms with Gasteiger partial charge in [-0.05, 0) is 24.0 Å². The van der Waals surface area contributed by atoms with E-state index in [4.69, 9.17) is 5.73 Å². The zero-order valence-corrected chi connectivity index (χ0v) is 10.1. The molecule has 0 spiro atoms. The number of benzene rings is 1. The molecule has 0 bridgehead atoms. The molecule has 0 radical (unpaired) electrons. The Hall–Kier alpha value is -1.42. The minimum absolute atomic E-state index is 0.00562. The highest BCUT2D eigenvalue weighted by Gasteiger charge is 2.41. The summed E-state index contributed by atoms with van der Waals surface area (Å²) in [7, 11) is 0. The van der Waals surface area contributed by atoms with Gasteiger partial charge in [0.2, 0.25) is 0 Å². The third-order valence-electron chi connectivity index (χ3n) is 3.36. The molecule has 0 aliphatic rings. The second-order valence-corrected chi connectivity index (χ2v) is 4.59. The smallest absolute Gasteiger partial charge is 0.311 e. The molecule has 1 aromatic rings. The normalized spacial score (nSPS) is 14.6. The summed E-state index contributed by atoms with van der Waals surface area (Å²) in [6.07, 6.45) is 0.114. The van der Waals surface area contributed by atoms with Crippen molar-refractivity contribution >= 4 is 5.97 Å². The molecule has 0 saturated carbocycles. The van der Waals surface area contributed by atoms with Crippen molar-refractivity contribution in [3.8, 4) is 0 Å². The van der Waals surface area contributed by atoms with E-state index in [1.165, 1.54) is 6.07 Å². The van der Waals surface area contributed by atoms with Gasteiger partial charge in [0, 0.05) is 6.54 Å². The van der Waals surface area contributed by atoms with E-state index in [2.05, 4.69) is 0 Å². The Bertz CT molecular complexity index is 406. The minimum atomic E-state index is -1.11. The van der Waals surface area contributed by atoms with E-state index in [1.54, 1.807) is 32.0 Å². The molecule has 0 saturated heterocycles. The molecule has 0 fully saturated rings. The van der Waals surface area contributed by atoms with Crippen molar-refractivity contribution in [1.29, 1.82) is 0 Å². The lowest BCUT2D eigenvalue weighted by Crippen LogP contribution is -2.45. The van der Waals surface area contributed by atoms with Crippen LogP contribution < -0.4 is 5.73 Å². The molecule has 0 aliphatic carbocycles. The number of nitrogens with two attached hydrogens (primary N) is 1. The van der Waals surface area contributed by atoms with Crippen LogP contribution in [0, 0.1) is 17.2 Å². The molecule has 0 heterocycles. The van der Waals surface area contributed by atoms with Crippen molar-refractivity contribution in [2.24, 2.45) is 17.1 Å². The highest BCUT2D eigenvalue weighted by Crippen LogP contribution is 2.32. The number of rotatable bonds is 5. The molecule has 94 valence electrons. The van der Waals surface area contributed by atoms with E-state index in [0.29, 0.717) is 5.56 Å². The van der Waals surface area contributed by atoms with E-state index in [0.717, 1.165) is 0 Å². The Morgan fingerprint density at radius 3 is 2.47 bits per heavy atom. The lowest BCUT2D eigenvalue weighted by atomic mass is 9.72. The average Bonchev–Trinajstić information content (AvgIpc) is 2.27. The van der Waals surface area contributed by atoms with Gasteiger partial charge in [-0.1, -0.05) is 32.0 Å². The van der Waals surface area contributed by atoms with Crippen molar-refractivity contribution in [2.45, 2.75) is 20.3 Å². The van der Waals surface area contributed by atoms with Gasteiger partial charge in [-0.2, -0.15) is 0 Å². The van der Waals surface area contributed by atoms with Gasteiger partial charge >= 0.3 is 5.97 Å². The third-order valence-corrected chi connectivity index (χ3v) is 3.36. The Morgan fingerprint density at radius 2 is 2.06 bits per heavy atom. The van der Waals surface area contributed by atoms with Crippen LogP contribution in [0.15, 0.2) is 24.3 Å². The van der Waals surface area contributed by atoms with Crippen LogP contribution in [0.5, 0.6) is 0 Å². The number of carboxylic acids is 1. The van der Waals surface area contributed by atoms with Gasteiger partial charge in [-0.3, -0.25) is 4.79 Å². The molecular formula is C13H18FNO2. The number of halogens is 1. The Labute approximate surface area is 100 Å². The summed E-state index contributed by atoms with van der Waals surface area (Å²) in [5, 5.41) is 9.34. The van der Waals surface area contributed by atoms with Gasteiger partial charge in [-0.25, -0.2) is 4.39 Å². The first-order chi connectivity index (χ1) is 7.94. The van der Waals surface area contributed by atoms with Crippen LogP contribution in [0.4, 0.5) is 4.39 Å². The van der Waals surface area contributed by atoms with Crippen molar-refractivity contribution < 1.29 is 14.3 Å². The van der Waals surface area contributed by atoms with Crippen molar-refractivity contribution in [2.75, 3.05) is 6.54 Å². The minimum Gasteiger partial charge on any atom is -0.481 e. The van der Waals surface area contributed by atoms with Gasteiger partial charge < -0.3 is 10.8 Å². The number of hydrogen-bond donors (Lipinski definition) is 2. The highest BCUT2D eigenvalue weighted by atomic mass is 19.1. The third kappa shape index (κ3) is 2.64. The van der Waals surface area contributed by atoms with Gasteiger partial charge in [0.1, 0.15) is 5.82 Å². The summed E-state index contributed by atoms with van der Waals surface area (Å²) < 4.78 is 13.5. The average molecular weight is 239 g/mol. The SMILES string of the molecule is CC(C)C(CN)(Cc1ccccc1F)C(=O)O. The number of aliphatic carboxylic acids is 1. The Balaban J connectivity index is 3.11. The lowest BCUT2D eigenvalue weighted by Gasteiger charge is -2.32. The molecule has 3 N–H and O–H groups in total. The fraction of sp³-hybridized carbons (Fsp3) is 0.462. The fourth-order valence-electron chi connectivity index (χ4n) is 1.90. The first kappa shape index (κ1) is 13.6. The zero-order valence-electron chi connectivity index (χ0n) is 10.1. The van der Waals surface area contributed by atoms with Gasteiger partial charge in [0.15, 0.2) is 0 Å².